The van der Waals surface area contributed by atoms with Crippen molar-refractivity contribution < 1.29 is 14.7 Å². The molecule has 0 bridgehead atoms. The molecule has 2 atom stereocenters. The highest BCUT2D eigenvalue weighted by Gasteiger charge is 2.09. The lowest BCUT2D eigenvalue weighted by Crippen LogP contribution is -2.20. The molecule has 0 heterocycles. The number of nitrogens with zero attached hydrogens (tertiary/aromatic N) is 2. The van der Waals surface area contributed by atoms with Crippen LogP contribution in [0.5, 0.6) is 0 Å². The molecular formula is C16H33N5O3. The van der Waals surface area contributed by atoms with Crippen molar-refractivity contribution in [1.29, 1.82) is 0 Å². The average molecular weight is 343 g/mol. The SMILES string of the molecule is CC(N)=NCCC[C@H](C)C(=O)O.CC(N)=NCCC[C@H](C)C(N)=O. The Labute approximate surface area is 144 Å². The van der Waals surface area contributed by atoms with Crippen LogP contribution in [0.15, 0.2) is 9.98 Å². The second-order valence-corrected chi connectivity index (χ2v) is 5.87. The van der Waals surface area contributed by atoms with E-state index in [2.05, 4.69) is 9.98 Å². The predicted molar refractivity (Wildman–Crippen MR) is 98.0 cm³/mol. The van der Waals surface area contributed by atoms with E-state index >= 15 is 0 Å². The highest BCUT2D eigenvalue weighted by molar-refractivity contribution is 5.77. The van der Waals surface area contributed by atoms with Gasteiger partial charge < -0.3 is 22.3 Å². The zero-order valence-corrected chi connectivity index (χ0v) is 15.3. The monoisotopic (exact) mass is 343 g/mol. The molecule has 0 rings (SSSR count). The topological polar surface area (TPSA) is 157 Å². The van der Waals surface area contributed by atoms with Crippen LogP contribution in [0.1, 0.15) is 53.4 Å². The minimum absolute atomic E-state index is 0.0571. The molecule has 0 aliphatic carbocycles. The Hall–Kier alpha value is -2.12. The molecule has 0 aromatic carbocycles. The molecule has 0 aliphatic rings. The summed E-state index contributed by atoms with van der Waals surface area (Å²) in [5, 5.41) is 8.53. The molecule has 0 saturated carbocycles. The van der Waals surface area contributed by atoms with Gasteiger partial charge in [0.1, 0.15) is 0 Å². The lowest BCUT2D eigenvalue weighted by molar-refractivity contribution is -0.141. The fourth-order valence-electron chi connectivity index (χ4n) is 1.57. The highest BCUT2D eigenvalue weighted by Crippen LogP contribution is 2.05. The van der Waals surface area contributed by atoms with Crippen LogP contribution in [-0.4, -0.2) is 41.7 Å². The third-order valence-electron chi connectivity index (χ3n) is 3.22. The lowest BCUT2D eigenvalue weighted by atomic mass is 10.1. The molecule has 0 aromatic rings. The maximum absolute atomic E-state index is 10.6. The second kappa shape index (κ2) is 14.5. The summed E-state index contributed by atoms with van der Waals surface area (Å²) in [6.07, 6.45) is 3.08. The molecule has 0 aliphatic heterocycles. The first kappa shape index (κ1) is 24.1. The summed E-state index contributed by atoms with van der Waals surface area (Å²) in [6, 6.07) is 0. The van der Waals surface area contributed by atoms with Crippen molar-refractivity contribution in [3.8, 4) is 0 Å². The van der Waals surface area contributed by atoms with E-state index in [0.717, 1.165) is 19.3 Å². The van der Waals surface area contributed by atoms with Crippen LogP contribution in [0, 0.1) is 11.8 Å². The number of carbonyl (C=O) groups is 2. The van der Waals surface area contributed by atoms with E-state index in [-0.39, 0.29) is 17.7 Å². The molecule has 0 saturated heterocycles. The Morgan fingerprint density at radius 3 is 1.54 bits per heavy atom. The van der Waals surface area contributed by atoms with Crippen LogP contribution in [-0.2, 0) is 9.59 Å². The van der Waals surface area contributed by atoms with E-state index in [1.165, 1.54) is 0 Å². The summed E-state index contributed by atoms with van der Waals surface area (Å²) in [4.78, 5) is 28.9. The Kier molecular flexibility index (Phi) is 14.6. The Bertz CT molecular complexity index is 387. The number of amides is 1. The van der Waals surface area contributed by atoms with Crippen molar-refractivity contribution in [3.05, 3.63) is 0 Å². The van der Waals surface area contributed by atoms with Gasteiger partial charge in [-0.3, -0.25) is 19.6 Å². The van der Waals surface area contributed by atoms with Gasteiger partial charge in [-0.15, -0.1) is 0 Å². The fraction of sp³-hybridized carbons (Fsp3) is 0.750. The number of carboxylic acids is 1. The van der Waals surface area contributed by atoms with Crippen LogP contribution in [0.25, 0.3) is 0 Å². The summed E-state index contributed by atoms with van der Waals surface area (Å²) in [5.74, 6) is -0.192. The number of carboxylic acid groups (broad SMARTS) is 1. The lowest BCUT2D eigenvalue weighted by Gasteiger charge is -2.04. The van der Waals surface area contributed by atoms with Gasteiger partial charge in [0, 0.05) is 19.0 Å². The van der Waals surface area contributed by atoms with E-state index < -0.39 is 5.97 Å². The first-order chi connectivity index (χ1) is 11.1. The number of nitrogens with two attached hydrogens (primary N) is 3. The van der Waals surface area contributed by atoms with Gasteiger partial charge in [0.25, 0.3) is 0 Å². The van der Waals surface area contributed by atoms with Gasteiger partial charge in [0.05, 0.1) is 17.6 Å². The minimum Gasteiger partial charge on any atom is -0.481 e. The minimum atomic E-state index is -0.747. The number of hydrogen-bond acceptors (Lipinski definition) is 4. The molecule has 8 nitrogen and oxygen atoms in total. The number of aliphatic carboxylic acids is 1. The van der Waals surface area contributed by atoms with Gasteiger partial charge in [0.2, 0.25) is 5.91 Å². The van der Waals surface area contributed by atoms with Gasteiger partial charge in [0.15, 0.2) is 0 Å². The van der Waals surface area contributed by atoms with Crippen LogP contribution in [0.2, 0.25) is 0 Å². The molecule has 0 spiro atoms. The Morgan fingerprint density at radius 1 is 0.875 bits per heavy atom. The van der Waals surface area contributed by atoms with Gasteiger partial charge in [-0.05, 0) is 39.5 Å². The Morgan fingerprint density at radius 2 is 1.25 bits per heavy atom. The number of primary amides is 1. The first-order valence-electron chi connectivity index (χ1n) is 8.13. The fourth-order valence-corrected chi connectivity index (χ4v) is 1.57. The van der Waals surface area contributed by atoms with Crippen molar-refractivity contribution in [3.63, 3.8) is 0 Å². The quantitative estimate of drug-likeness (QED) is 0.265. The average Bonchev–Trinajstić information content (AvgIpc) is 2.47. The maximum atomic E-state index is 10.6. The van der Waals surface area contributed by atoms with Crippen LogP contribution in [0.3, 0.4) is 0 Å². The molecular weight excluding hydrogens is 310 g/mol. The normalized spacial score (nSPS) is 14.3. The van der Waals surface area contributed by atoms with Gasteiger partial charge in [-0.25, -0.2) is 0 Å². The molecule has 0 radical (unpaired) electrons. The zero-order chi connectivity index (χ0) is 19.1. The van der Waals surface area contributed by atoms with Crippen LogP contribution in [0.4, 0.5) is 0 Å². The maximum Gasteiger partial charge on any atom is 0.306 e. The van der Waals surface area contributed by atoms with E-state index in [0.29, 0.717) is 31.2 Å². The molecule has 7 N–H and O–H groups in total. The zero-order valence-electron chi connectivity index (χ0n) is 15.3. The van der Waals surface area contributed by atoms with Gasteiger partial charge in [-0.2, -0.15) is 0 Å². The molecule has 1 amide bonds. The predicted octanol–water partition coefficient (Wildman–Crippen LogP) is 1.13. The summed E-state index contributed by atoms with van der Waals surface area (Å²) >= 11 is 0. The van der Waals surface area contributed by atoms with Gasteiger partial charge in [-0.1, -0.05) is 13.8 Å². The largest absolute Gasteiger partial charge is 0.481 e. The number of carbonyl (C=O) groups excluding carboxylic acids is 1. The van der Waals surface area contributed by atoms with Gasteiger partial charge >= 0.3 is 5.97 Å². The molecule has 0 unspecified atom stereocenters. The third kappa shape index (κ3) is 17.9. The Balaban J connectivity index is 0. The van der Waals surface area contributed by atoms with E-state index in [9.17, 15) is 9.59 Å². The summed E-state index contributed by atoms with van der Waals surface area (Å²) < 4.78 is 0. The molecule has 8 heteroatoms. The molecule has 24 heavy (non-hydrogen) atoms. The van der Waals surface area contributed by atoms with Crippen LogP contribution >= 0.6 is 0 Å². The first-order valence-corrected chi connectivity index (χ1v) is 8.13. The summed E-state index contributed by atoms with van der Waals surface area (Å²) in [6.45, 7) is 8.29. The number of aliphatic imine (C=N–C) groups is 2. The summed E-state index contributed by atoms with van der Waals surface area (Å²) in [5.41, 5.74) is 15.7. The van der Waals surface area contributed by atoms with E-state index in [1.54, 1.807) is 20.8 Å². The van der Waals surface area contributed by atoms with Crippen molar-refractivity contribution in [2.24, 2.45) is 39.0 Å². The standard InChI is InChI=1S/C8H17N3O.C8H16N2O2/c1-6(8(10)12)4-3-5-11-7(2)9;1-6(8(11)12)4-3-5-10-7(2)9/h6H,3-5H2,1-2H3,(H2,9,11)(H2,10,12);6H,3-5H2,1-2H3,(H2,9,10)(H,11,12)/t2*6-/m00/s1. The molecule has 140 valence electrons. The number of hydrogen-bond donors (Lipinski definition) is 4. The van der Waals surface area contributed by atoms with Crippen molar-refractivity contribution in [2.75, 3.05) is 13.1 Å². The summed E-state index contributed by atoms with van der Waals surface area (Å²) in [7, 11) is 0. The molecule has 0 fully saturated rings. The van der Waals surface area contributed by atoms with Crippen molar-refractivity contribution in [1.82, 2.24) is 0 Å². The number of rotatable bonds is 10. The van der Waals surface area contributed by atoms with Crippen LogP contribution < -0.4 is 17.2 Å². The van der Waals surface area contributed by atoms with E-state index in [1.807, 2.05) is 6.92 Å². The molecule has 0 aromatic heterocycles. The highest BCUT2D eigenvalue weighted by atomic mass is 16.4. The second-order valence-electron chi connectivity index (χ2n) is 5.87. The van der Waals surface area contributed by atoms with E-state index in [4.69, 9.17) is 22.3 Å². The van der Waals surface area contributed by atoms with Crippen molar-refractivity contribution in [2.45, 2.75) is 53.4 Å². The van der Waals surface area contributed by atoms with Crippen molar-refractivity contribution >= 4 is 23.5 Å². The third-order valence-corrected chi connectivity index (χ3v) is 3.22. The smallest absolute Gasteiger partial charge is 0.306 e. The number of amidine groups is 2.